The third-order valence-electron chi connectivity index (χ3n) is 4.71. The number of para-hydroxylation sites is 1. The van der Waals surface area contributed by atoms with Crippen LogP contribution in [0.5, 0.6) is 5.75 Å². The Kier molecular flexibility index (Phi) is 6.32. The minimum absolute atomic E-state index is 0.0262. The van der Waals surface area contributed by atoms with Crippen LogP contribution < -0.4 is 10.1 Å². The summed E-state index contributed by atoms with van der Waals surface area (Å²) in [4.78, 5) is 29.1. The summed E-state index contributed by atoms with van der Waals surface area (Å²) in [5.74, 6) is 0.696. The third kappa shape index (κ3) is 4.91. The normalized spacial score (nSPS) is 10.6. The number of fused-ring (bicyclic) bond motifs is 1. The van der Waals surface area contributed by atoms with Gasteiger partial charge in [-0.3, -0.25) is 9.59 Å². The molecule has 0 aliphatic carbocycles. The first-order chi connectivity index (χ1) is 13.6. The second-order valence-corrected chi connectivity index (χ2v) is 6.67. The molecule has 0 unspecified atom stereocenters. The molecule has 3 rings (SSSR count). The van der Waals surface area contributed by atoms with Gasteiger partial charge in [0.05, 0.1) is 13.5 Å². The second kappa shape index (κ2) is 9.08. The minimum Gasteiger partial charge on any atom is -0.497 e. The van der Waals surface area contributed by atoms with Crippen LogP contribution >= 0.6 is 0 Å². The first-order valence-corrected chi connectivity index (χ1v) is 9.27. The van der Waals surface area contributed by atoms with E-state index in [-0.39, 0.29) is 11.8 Å². The summed E-state index contributed by atoms with van der Waals surface area (Å²) in [6.45, 7) is 2.91. The van der Waals surface area contributed by atoms with Crippen molar-refractivity contribution in [2.45, 2.75) is 19.9 Å². The zero-order chi connectivity index (χ0) is 19.9. The molecule has 2 aromatic carbocycles. The Labute approximate surface area is 164 Å². The van der Waals surface area contributed by atoms with Crippen molar-refractivity contribution in [2.75, 3.05) is 20.2 Å². The average Bonchev–Trinajstić information content (AvgIpc) is 3.10. The quantitative estimate of drug-likeness (QED) is 0.632. The number of nitrogens with one attached hydrogen (secondary N) is 2. The number of methoxy groups -OCH3 is 1. The highest BCUT2D eigenvalue weighted by molar-refractivity contribution is 5.88. The number of carbonyl (C=O) groups is 2. The Bertz CT molecular complexity index is 947. The van der Waals surface area contributed by atoms with Gasteiger partial charge in [-0.2, -0.15) is 0 Å². The lowest BCUT2D eigenvalue weighted by molar-refractivity contribution is -0.130. The van der Waals surface area contributed by atoms with E-state index < -0.39 is 0 Å². The lowest BCUT2D eigenvalue weighted by Gasteiger charge is -2.21. The van der Waals surface area contributed by atoms with Crippen LogP contribution in [0.2, 0.25) is 0 Å². The number of hydrogen-bond donors (Lipinski definition) is 2. The van der Waals surface area contributed by atoms with Gasteiger partial charge >= 0.3 is 0 Å². The summed E-state index contributed by atoms with van der Waals surface area (Å²) in [7, 11) is 1.62. The number of aromatic nitrogens is 1. The standard InChI is InChI=1S/C22H25N3O3/c1-16(26)25(15-17-7-9-19(28-2)10-8-17)12-11-23-22(27)13-18-14-24-21-6-4-3-5-20(18)21/h3-10,14,24H,11-13,15H2,1-2H3,(H,23,27). The van der Waals surface area contributed by atoms with Crippen molar-refractivity contribution < 1.29 is 14.3 Å². The largest absolute Gasteiger partial charge is 0.497 e. The van der Waals surface area contributed by atoms with E-state index in [1.165, 1.54) is 6.92 Å². The predicted octanol–water partition coefficient (Wildman–Crippen LogP) is 2.88. The van der Waals surface area contributed by atoms with E-state index in [9.17, 15) is 9.59 Å². The first-order valence-electron chi connectivity index (χ1n) is 9.27. The molecule has 28 heavy (non-hydrogen) atoms. The number of H-pyrrole nitrogens is 1. The molecule has 2 N–H and O–H groups in total. The van der Waals surface area contributed by atoms with Gasteiger partial charge in [-0.15, -0.1) is 0 Å². The van der Waals surface area contributed by atoms with Gasteiger partial charge in [0.15, 0.2) is 0 Å². The summed E-state index contributed by atoms with van der Waals surface area (Å²) in [6.07, 6.45) is 2.18. The number of carbonyl (C=O) groups excluding carboxylic acids is 2. The summed E-state index contributed by atoms with van der Waals surface area (Å²) < 4.78 is 5.15. The van der Waals surface area contributed by atoms with Crippen molar-refractivity contribution >= 4 is 22.7 Å². The van der Waals surface area contributed by atoms with Crippen LogP contribution in [0.15, 0.2) is 54.7 Å². The molecule has 0 aliphatic rings. The van der Waals surface area contributed by atoms with Gasteiger partial charge in [0, 0.05) is 43.7 Å². The molecule has 0 aliphatic heterocycles. The lowest BCUT2D eigenvalue weighted by atomic mass is 10.1. The van der Waals surface area contributed by atoms with Crippen LogP contribution in [0.3, 0.4) is 0 Å². The maximum absolute atomic E-state index is 12.3. The van der Waals surface area contributed by atoms with Crippen LogP contribution in [0.25, 0.3) is 10.9 Å². The third-order valence-corrected chi connectivity index (χ3v) is 4.71. The fourth-order valence-electron chi connectivity index (χ4n) is 3.14. The van der Waals surface area contributed by atoms with E-state index in [4.69, 9.17) is 4.74 Å². The summed E-state index contributed by atoms with van der Waals surface area (Å²) in [6, 6.07) is 15.5. The summed E-state index contributed by atoms with van der Waals surface area (Å²) in [5.41, 5.74) is 3.00. The molecule has 0 saturated heterocycles. The average molecular weight is 379 g/mol. The van der Waals surface area contributed by atoms with Crippen LogP contribution in [-0.4, -0.2) is 41.9 Å². The van der Waals surface area contributed by atoms with Crippen LogP contribution in [-0.2, 0) is 22.6 Å². The van der Waals surface area contributed by atoms with Crippen molar-refractivity contribution in [1.29, 1.82) is 0 Å². The Balaban J connectivity index is 1.51. The molecule has 0 atom stereocenters. The van der Waals surface area contributed by atoms with E-state index >= 15 is 0 Å². The van der Waals surface area contributed by atoms with Gasteiger partial charge < -0.3 is 19.9 Å². The highest BCUT2D eigenvalue weighted by atomic mass is 16.5. The highest BCUT2D eigenvalue weighted by Crippen LogP contribution is 2.18. The number of ether oxygens (including phenoxy) is 1. The number of rotatable bonds is 8. The van der Waals surface area contributed by atoms with Crippen LogP contribution in [0.1, 0.15) is 18.1 Å². The number of aromatic amines is 1. The number of benzene rings is 2. The molecule has 6 heteroatoms. The lowest BCUT2D eigenvalue weighted by Crippen LogP contribution is -2.37. The molecule has 1 aromatic heterocycles. The van der Waals surface area contributed by atoms with Crippen LogP contribution in [0.4, 0.5) is 0 Å². The SMILES string of the molecule is COc1ccc(CN(CCNC(=O)Cc2c[nH]c3ccccc23)C(C)=O)cc1. The van der Waals surface area contributed by atoms with Crippen molar-refractivity contribution in [2.24, 2.45) is 0 Å². The molecule has 6 nitrogen and oxygen atoms in total. The van der Waals surface area contributed by atoms with Gasteiger partial charge in [0.2, 0.25) is 11.8 Å². The predicted molar refractivity (Wildman–Crippen MR) is 109 cm³/mol. The maximum atomic E-state index is 12.3. The maximum Gasteiger partial charge on any atom is 0.224 e. The van der Waals surface area contributed by atoms with E-state index in [2.05, 4.69) is 10.3 Å². The molecular weight excluding hydrogens is 354 g/mol. The van der Waals surface area contributed by atoms with Gasteiger partial charge in [0.25, 0.3) is 0 Å². The van der Waals surface area contributed by atoms with Crippen LogP contribution in [0, 0.1) is 0 Å². The van der Waals surface area contributed by atoms with Crippen molar-refractivity contribution in [3.63, 3.8) is 0 Å². The topological polar surface area (TPSA) is 74.4 Å². The Hall–Kier alpha value is -3.28. The van der Waals surface area contributed by atoms with E-state index in [1.54, 1.807) is 12.0 Å². The van der Waals surface area contributed by atoms with Gasteiger partial charge in [-0.1, -0.05) is 30.3 Å². The molecule has 3 aromatic rings. The van der Waals surface area contributed by atoms with Gasteiger partial charge in [-0.05, 0) is 29.3 Å². The van der Waals surface area contributed by atoms with Crippen molar-refractivity contribution in [1.82, 2.24) is 15.2 Å². The smallest absolute Gasteiger partial charge is 0.224 e. The molecule has 1 heterocycles. The second-order valence-electron chi connectivity index (χ2n) is 6.67. The molecule has 146 valence electrons. The summed E-state index contributed by atoms with van der Waals surface area (Å²) >= 11 is 0. The monoisotopic (exact) mass is 379 g/mol. The molecule has 0 bridgehead atoms. The molecule has 0 spiro atoms. The zero-order valence-electron chi connectivity index (χ0n) is 16.2. The van der Waals surface area contributed by atoms with Gasteiger partial charge in [0.1, 0.15) is 5.75 Å². The molecule has 0 fully saturated rings. The molecular formula is C22H25N3O3. The Morgan fingerprint density at radius 1 is 1.11 bits per heavy atom. The van der Waals surface area contributed by atoms with E-state index in [0.29, 0.717) is 26.1 Å². The minimum atomic E-state index is -0.0577. The molecule has 2 amide bonds. The number of amides is 2. The first kappa shape index (κ1) is 19.5. The zero-order valence-corrected chi connectivity index (χ0v) is 16.2. The fraction of sp³-hybridized carbons (Fsp3) is 0.273. The van der Waals surface area contributed by atoms with Gasteiger partial charge in [-0.25, -0.2) is 0 Å². The molecule has 0 radical (unpaired) electrons. The fourth-order valence-corrected chi connectivity index (χ4v) is 3.14. The number of nitrogens with zero attached hydrogens (tertiary/aromatic N) is 1. The number of hydrogen-bond acceptors (Lipinski definition) is 3. The van der Waals surface area contributed by atoms with E-state index in [0.717, 1.165) is 27.8 Å². The molecule has 0 saturated carbocycles. The Morgan fingerprint density at radius 2 is 1.86 bits per heavy atom. The van der Waals surface area contributed by atoms with E-state index in [1.807, 2.05) is 54.7 Å². The Morgan fingerprint density at radius 3 is 2.57 bits per heavy atom. The highest BCUT2D eigenvalue weighted by Gasteiger charge is 2.12. The summed E-state index contributed by atoms with van der Waals surface area (Å²) in [5, 5.41) is 3.97. The van der Waals surface area contributed by atoms with Crippen molar-refractivity contribution in [3.8, 4) is 5.75 Å². The van der Waals surface area contributed by atoms with Crippen molar-refractivity contribution in [3.05, 3.63) is 65.9 Å².